The first-order chi connectivity index (χ1) is 15.5. The zero-order valence-corrected chi connectivity index (χ0v) is 18.0. The summed E-state index contributed by atoms with van der Waals surface area (Å²) in [5, 5.41) is 0.983. The van der Waals surface area contributed by atoms with Gasteiger partial charge in [0.25, 0.3) is 0 Å². The Labute approximate surface area is 186 Å². The number of carbonyl (C=O) groups is 1. The molecule has 1 aliphatic rings. The molecule has 0 aliphatic carbocycles. The minimum atomic E-state index is -1.16. The number of aromatic nitrogens is 1. The summed E-state index contributed by atoms with van der Waals surface area (Å²) in [6.07, 6.45) is 0. The van der Waals surface area contributed by atoms with Crippen LogP contribution in [0.1, 0.15) is 12.5 Å². The maximum absolute atomic E-state index is 13.1. The minimum Gasteiger partial charge on any atom is -0.497 e. The molecule has 0 saturated heterocycles. The number of esters is 1. The van der Waals surface area contributed by atoms with Gasteiger partial charge < -0.3 is 14.2 Å². The topological polar surface area (TPSA) is 49.7 Å². The van der Waals surface area contributed by atoms with Crippen molar-refractivity contribution in [1.29, 1.82) is 0 Å². The average Bonchev–Trinajstić information content (AvgIpc) is 3.22. The van der Waals surface area contributed by atoms with E-state index in [9.17, 15) is 4.79 Å². The van der Waals surface area contributed by atoms with E-state index in [0.717, 1.165) is 33.5 Å². The second-order valence-electron chi connectivity index (χ2n) is 7.91. The number of rotatable bonds is 5. The van der Waals surface area contributed by atoms with Crippen LogP contribution >= 0.6 is 0 Å². The Morgan fingerprint density at radius 2 is 1.78 bits per heavy atom. The summed E-state index contributed by atoms with van der Waals surface area (Å²) in [6, 6.07) is 25.3. The standard InChI is InChI=1S/C27H23NO4/c1-18(26(29)31-17-19-9-5-4-6-10-19)27(2)28-23-14-13-21(30-3)15-20(23)16-24(28)22-11-7-8-12-25(22)32-27/h4-16H,1,17H2,2-3H3. The first-order valence-electron chi connectivity index (χ1n) is 10.4. The molecule has 160 valence electrons. The number of fused-ring (bicyclic) bond motifs is 5. The number of methoxy groups -OCH3 is 1. The van der Waals surface area contributed by atoms with Crippen molar-refractivity contribution in [3.8, 4) is 22.8 Å². The Balaban J connectivity index is 1.58. The van der Waals surface area contributed by atoms with Crippen LogP contribution in [-0.4, -0.2) is 17.6 Å². The van der Waals surface area contributed by atoms with Crippen LogP contribution in [0, 0.1) is 0 Å². The molecule has 5 rings (SSSR count). The molecular formula is C27H23NO4. The molecule has 0 bridgehead atoms. The summed E-state index contributed by atoms with van der Waals surface area (Å²) in [5.41, 5.74) is 2.77. The Hall–Kier alpha value is -3.99. The Morgan fingerprint density at radius 3 is 2.56 bits per heavy atom. The predicted molar refractivity (Wildman–Crippen MR) is 124 cm³/mol. The van der Waals surface area contributed by atoms with Crippen molar-refractivity contribution in [2.45, 2.75) is 19.3 Å². The normalized spacial score (nSPS) is 16.6. The van der Waals surface area contributed by atoms with Crippen LogP contribution in [0.2, 0.25) is 0 Å². The minimum absolute atomic E-state index is 0.168. The molecule has 1 unspecified atom stereocenters. The number of benzene rings is 3. The molecular weight excluding hydrogens is 402 g/mol. The van der Waals surface area contributed by atoms with Crippen LogP contribution in [0.15, 0.2) is 91.0 Å². The molecule has 1 aliphatic heterocycles. The first kappa shape index (κ1) is 19.9. The maximum atomic E-state index is 13.1. The molecule has 32 heavy (non-hydrogen) atoms. The van der Waals surface area contributed by atoms with Gasteiger partial charge in [-0.1, -0.05) is 49.0 Å². The third-order valence-electron chi connectivity index (χ3n) is 5.93. The Morgan fingerprint density at radius 1 is 1.03 bits per heavy atom. The number of ether oxygens (including phenoxy) is 3. The van der Waals surface area contributed by atoms with Gasteiger partial charge in [0, 0.05) is 17.9 Å². The van der Waals surface area contributed by atoms with E-state index in [4.69, 9.17) is 14.2 Å². The Kier molecular flexibility index (Phi) is 4.74. The fourth-order valence-electron chi connectivity index (χ4n) is 4.20. The molecule has 0 spiro atoms. The lowest BCUT2D eigenvalue weighted by Crippen LogP contribution is -2.43. The monoisotopic (exact) mass is 425 g/mol. The lowest BCUT2D eigenvalue weighted by atomic mass is 10.0. The fraction of sp³-hybridized carbons (Fsp3) is 0.148. The van der Waals surface area contributed by atoms with Gasteiger partial charge in [0.05, 0.1) is 23.9 Å². The van der Waals surface area contributed by atoms with E-state index in [0.29, 0.717) is 5.75 Å². The number of carbonyl (C=O) groups excluding carboxylic acids is 1. The third kappa shape index (κ3) is 3.14. The van der Waals surface area contributed by atoms with E-state index in [1.54, 1.807) is 7.11 Å². The van der Waals surface area contributed by atoms with E-state index in [-0.39, 0.29) is 12.2 Å². The van der Waals surface area contributed by atoms with Crippen molar-refractivity contribution in [2.24, 2.45) is 0 Å². The van der Waals surface area contributed by atoms with E-state index in [1.165, 1.54) is 0 Å². The summed E-state index contributed by atoms with van der Waals surface area (Å²) >= 11 is 0. The number of hydrogen-bond acceptors (Lipinski definition) is 4. The van der Waals surface area contributed by atoms with Crippen LogP contribution < -0.4 is 9.47 Å². The highest BCUT2D eigenvalue weighted by Gasteiger charge is 2.43. The zero-order chi connectivity index (χ0) is 22.3. The Bertz CT molecular complexity index is 1340. The van der Waals surface area contributed by atoms with E-state index >= 15 is 0 Å². The number of hydrogen-bond donors (Lipinski definition) is 0. The molecule has 1 atom stereocenters. The van der Waals surface area contributed by atoms with Crippen LogP contribution in [0.5, 0.6) is 11.5 Å². The highest BCUT2D eigenvalue weighted by atomic mass is 16.5. The van der Waals surface area contributed by atoms with Crippen LogP contribution in [-0.2, 0) is 21.9 Å². The average molecular weight is 425 g/mol. The number of nitrogens with zero attached hydrogens (tertiary/aromatic N) is 1. The maximum Gasteiger partial charge on any atom is 0.339 e. The summed E-state index contributed by atoms with van der Waals surface area (Å²) in [4.78, 5) is 13.1. The lowest BCUT2D eigenvalue weighted by Gasteiger charge is -2.39. The predicted octanol–water partition coefficient (Wildman–Crippen LogP) is 5.68. The summed E-state index contributed by atoms with van der Waals surface area (Å²) in [6.45, 7) is 6.13. The molecule has 0 saturated carbocycles. The smallest absolute Gasteiger partial charge is 0.339 e. The molecule has 0 fully saturated rings. The second kappa shape index (κ2) is 7.61. The SMILES string of the molecule is C=C(C(=O)OCc1ccccc1)C1(C)Oc2ccccc2-c2cc3cc(OC)ccc3n21. The molecule has 5 heteroatoms. The van der Waals surface area contributed by atoms with Crippen molar-refractivity contribution in [2.75, 3.05) is 7.11 Å². The van der Waals surface area contributed by atoms with Crippen molar-refractivity contribution in [1.82, 2.24) is 4.57 Å². The second-order valence-corrected chi connectivity index (χ2v) is 7.91. The van der Waals surface area contributed by atoms with Gasteiger partial charge in [-0.3, -0.25) is 4.57 Å². The highest BCUT2D eigenvalue weighted by Crippen LogP contribution is 2.47. The molecule has 1 aromatic heterocycles. The fourth-order valence-corrected chi connectivity index (χ4v) is 4.20. The molecule has 3 aromatic carbocycles. The summed E-state index contributed by atoms with van der Waals surface area (Å²) in [7, 11) is 1.64. The first-order valence-corrected chi connectivity index (χ1v) is 10.4. The number of para-hydroxylation sites is 1. The zero-order valence-electron chi connectivity index (χ0n) is 18.0. The van der Waals surface area contributed by atoms with Gasteiger partial charge in [0.2, 0.25) is 5.72 Å². The van der Waals surface area contributed by atoms with Crippen LogP contribution in [0.4, 0.5) is 0 Å². The van der Waals surface area contributed by atoms with Gasteiger partial charge in [-0.2, -0.15) is 0 Å². The molecule has 0 radical (unpaired) electrons. The third-order valence-corrected chi connectivity index (χ3v) is 5.93. The summed E-state index contributed by atoms with van der Waals surface area (Å²) < 4.78 is 19.4. The van der Waals surface area contributed by atoms with Crippen molar-refractivity contribution >= 4 is 16.9 Å². The van der Waals surface area contributed by atoms with Crippen molar-refractivity contribution < 1.29 is 19.0 Å². The summed E-state index contributed by atoms with van der Waals surface area (Å²) in [5.74, 6) is 0.948. The van der Waals surface area contributed by atoms with E-state index in [1.807, 2.05) is 84.3 Å². The van der Waals surface area contributed by atoms with Crippen molar-refractivity contribution in [3.05, 3.63) is 96.6 Å². The van der Waals surface area contributed by atoms with Gasteiger partial charge in [-0.05, 0) is 42.0 Å². The highest BCUT2D eigenvalue weighted by molar-refractivity contribution is 5.94. The van der Waals surface area contributed by atoms with Gasteiger partial charge >= 0.3 is 5.97 Å². The largest absolute Gasteiger partial charge is 0.497 e. The van der Waals surface area contributed by atoms with Gasteiger partial charge in [-0.15, -0.1) is 0 Å². The van der Waals surface area contributed by atoms with E-state index < -0.39 is 11.7 Å². The molecule has 5 nitrogen and oxygen atoms in total. The van der Waals surface area contributed by atoms with Gasteiger partial charge in [0.1, 0.15) is 18.1 Å². The quantitative estimate of drug-likeness (QED) is 0.305. The van der Waals surface area contributed by atoms with Crippen LogP contribution in [0.25, 0.3) is 22.2 Å². The van der Waals surface area contributed by atoms with Gasteiger partial charge in [-0.25, -0.2) is 4.79 Å². The van der Waals surface area contributed by atoms with Crippen molar-refractivity contribution in [3.63, 3.8) is 0 Å². The lowest BCUT2D eigenvalue weighted by molar-refractivity contribution is -0.143. The van der Waals surface area contributed by atoms with E-state index in [2.05, 4.69) is 12.6 Å². The molecule has 0 amide bonds. The molecule has 0 N–H and O–H groups in total. The van der Waals surface area contributed by atoms with Crippen LogP contribution in [0.3, 0.4) is 0 Å². The van der Waals surface area contributed by atoms with Gasteiger partial charge in [0.15, 0.2) is 0 Å². The molecule has 4 aromatic rings. The molecule has 2 heterocycles.